The number of rotatable bonds is 6. The molecule has 0 rings (SSSR count). The average molecular weight is 192 g/mol. The van der Waals surface area contributed by atoms with Gasteiger partial charge in [0.1, 0.15) is 0 Å². The summed E-state index contributed by atoms with van der Waals surface area (Å²) in [6.45, 7) is 13.8. The summed E-state index contributed by atoms with van der Waals surface area (Å²) >= 11 is 0.0278. The third kappa shape index (κ3) is 4.97. The van der Waals surface area contributed by atoms with E-state index in [0.29, 0.717) is 0 Å². The van der Waals surface area contributed by atoms with Gasteiger partial charge in [-0.05, 0) is 0 Å². The number of nitrogens with zero attached hydrogens (tertiary/aromatic N) is 2. The Bertz CT molecular complexity index is 70.2. The van der Waals surface area contributed by atoms with Gasteiger partial charge in [0.2, 0.25) is 0 Å². The number of hydrogen-bond donors (Lipinski definition) is 0. The molecular weight excluding hydrogens is 172 g/mol. The standard InChI is InChI=1S/2C4H10N.Ti/c2*1-3-5-4-2;/h2*3-4H2,1-2H3;/q2*-1;+2. The Labute approximate surface area is 80.5 Å². The van der Waals surface area contributed by atoms with Crippen molar-refractivity contribution in [1.29, 1.82) is 0 Å². The fourth-order valence-electron chi connectivity index (χ4n) is 0.930. The Morgan fingerprint density at radius 1 is 0.727 bits per heavy atom. The van der Waals surface area contributed by atoms with Crippen LogP contribution in [0.3, 0.4) is 0 Å². The van der Waals surface area contributed by atoms with Crippen molar-refractivity contribution in [1.82, 2.24) is 6.76 Å². The van der Waals surface area contributed by atoms with Crippen LogP contribution in [0.5, 0.6) is 0 Å². The maximum atomic E-state index is 2.56. The van der Waals surface area contributed by atoms with Crippen LogP contribution in [-0.2, 0) is 19.7 Å². The molecule has 0 saturated heterocycles. The van der Waals surface area contributed by atoms with Crippen LogP contribution in [0.15, 0.2) is 0 Å². The van der Waals surface area contributed by atoms with Gasteiger partial charge in [-0.1, -0.05) is 0 Å². The summed E-state index contributed by atoms with van der Waals surface area (Å²) < 4.78 is 5.12. The average Bonchev–Trinajstić information content (AvgIpc) is 2.07. The summed E-state index contributed by atoms with van der Waals surface area (Å²) in [5.74, 6) is 0. The van der Waals surface area contributed by atoms with Crippen LogP contribution >= 0.6 is 0 Å². The second-order valence-corrected chi connectivity index (χ2v) is 4.73. The molecule has 0 atom stereocenters. The Hall–Kier alpha value is 0.634. The molecule has 0 aromatic carbocycles. The Kier molecular flexibility index (Phi) is 7.71. The van der Waals surface area contributed by atoms with Gasteiger partial charge in [0.15, 0.2) is 0 Å². The molecule has 0 aliphatic rings. The molecule has 0 aliphatic carbocycles. The first-order chi connectivity index (χ1) is 5.28. The first kappa shape index (κ1) is 11.6. The SMILES string of the molecule is CC[N](CC)[Ti][N](CC)CC. The molecule has 0 fully saturated rings. The molecule has 0 radical (unpaired) electrons. The van der Waals surface area contributed by atoms with Gasteiger partial charge in [0, 0.05) is 0 Å². The van der Waals surface area contributed by atoms with Crippen molar-refractivity contribution in [2.24, 2.45) is 0 Å². The monoisotopic (exact) mass is 192 g/mol. The van der Waals surface area contributed by atoms with Crippen molar-refractivity contribution >= 4 is 0 Å². The van der Waals surface area contributed by atoms with E-state index in [2.05, 4.69) is 34.5 Å². The molecule has 0 saturated carbocycles. The molecule has 0 heterocycles. The normalized spacial score (nSPS) is 11.1. The molecule has 3 heteroatoms. The third-order valence-electron chi connectivity index (χ3n) is 1.81. The van der Waals surface area contributed by atoms with Gasteiger partial charge < -0.3 is 0 Å². The molecule has 0 aliphatic heterocycles. The zero-order valence-corrected chi connectivity index (χ0v) is 9.78. The van der Waals surface area contributed by atoms with E-state index in [0.717, 1.165) is 0 Å². The molecule has 11 heavy (non-hydrogen) atoms. The molecule has 0 aromatic heterocycles. The van der Waals surface area contributed by atoms with E-state index in [1.165, 1.54) is 26.2 Å². The fraction of sp³-hybridized carbons (Fsp3) is 1.00. The molecule has 66 valence electrons. The summed E-state index contributed by atoms with van der Waals surface area (Å²) in [5, 5.41) is 0. The van der Waals surface area contributed by atoms with Gasteiger partial charge in [-0.15, -0.1) is 0 Å². The van der Waals surface area contributed by atoms with Crippen molar-refractivity contribution in [2.45, 2.75) is 27.7 Å². The zero-order chi connectivity index (χ0) is 8.69. The summed E-state index contributed by atoms with van der Waals surface area (Å²) in [6, 6.07) is 0. The van der Waals surface area contributed by atoms with E-state index in [4.69, 9.17) is 0 Å². The van der Waals surface area contributed by atoms with Crippen LogP contribution in [0.1, 0.15) is 27.7 Å². The first-order valence-corrected chi connectivity index (χ1v) is 5.94. The second kappa shape index (κ2) is 7.29. The van der Waals surface area contributed by atoms with Gasteiger partial charge in [-0.3, -0.25) is 0 Å². The van der Waals surface area contributed by atoms with Crippen LogP contribution < -0.4 is 0 Å². The van der Waals surface area contributed by atoms with Crippen LogP contribution in [0.4, 0.5) is 0 Å². The van der Waals surface area contributed by atoms with Gasteiger partial charge in [0.05, 0.1) is 0 Å². The molecule has 0 bridgehead atoms. The fourth-order valence-corrected chi connectivity index (χ4v) is 2.44. The first-order valence-electron chi connectivity index (χ1n) is 4.54. The van der Waals surface area contributed by atoms with Crippen molar-refractivity contribution in [3.8, 4) is 0 Å². The summed E-state index contributed by atoms with van der Waals surface area (Å²) in [6.07, 6.45) is 0. The van der Waals surface area contributed by atoms with Crippen molar-refractivity contribution in [3.63, 3.8) is 0 Å². The van der Waals surface area contributed by atoms with Crippen molar-refractivity contribution in [2.75, 3.05) is 26.2 Å². The van der Waals surface area contributed by atoms with E-state index in [-0.39, 0.29) is 19.7 Å². The van der Waals surface area contributed by atoms with E-state index in [1.807, 2.05) is 0 Å². The van der Waals surface area contributed by atoms with Gasteiger partial charge >= 0.3 is 80.3 Å². The van der Waals surface area contributed by atoms with E-state index >= 15 is 0 Å². The van der Waals surface area contributed by atoms with Crippen LogP contribution in [0.25, 0.3) is 0 Å². The Morgan fingerprint density at radius 3 is 1.18 bits per heavy atom. The van der Waals surface area contributed by atoms with Gasteiger partial charge in [-0.2, -0.15) is 0 Å². The molecule has 0 aromatic rings. The predicted molar refractivity (Wildman–Crippen MR) is 45.8 cm³/mol. The molecule has 0 N–H and O–H groups in total. The molecule has 0 unspecified atom stereocenters. The predicted octanol–water partition coefficient (Wildman–Crippen LogP) is 1.58. The summed E-state index contributed by atoms with van der Waals surface area (Å²) in [5.41, 5.74) is 0. The zero-order valence-electron chi connectivity index (χ0n) is 8.22. The molecular formula is C8H20N2Ti. The van der Waals surface area contributed by atoms with E-state index in [1.54, 1.807) is 0 Å². The second-order valence-electron chi connectivity index (χ2n) is 2.44. The topological polar surface area (TPSA) is 6.48 Å². The molecule has 0 spiro atoms. The van der Waals surface area contributed by atoms with Gasteiger partial charge in [-0.25, -0.2) is 0 Å². The Balaban J connectivity index is 3.58. The third-order valence-corrected chi connectivity index (χ3v) is 4.67. The van der Waals surface area contributed by atoms with Crippen LogP contribution in [0.2, 0.25) is 0 Å². The Morgan fingerprint density at radius 2 is 1.00 bits per heavy atom. The minimum absolute atomic E-state index is 0.0278. The molecule has 2 nitrogen and oxygen atoms in total. The quantitative estimate of drug-likeness (QED) is 0.589. The summed E-state index contributed by atoms with van der Waals surface area (Å²) in [7, 11) is 0. The van der Waals surface area contributed by atoms with Crippen LogP contribution in [0, 0.1) is 0 Å². The van der Waals surface area contributed by atoms with Crippen molar-refractivity contribution < 1.29 is 19.7 Å². The maximum absolute atomic E-state index is 2.56. The molecule has 0 amide bonds. The minimum atomic E-state index is 0.0278. The van der Waals surface area contributed by atoms with E-state index < -0.39 is 0 Å². The van der Waals surface area contributed by atoms with Gasteiger partial charge in [0.25, 0.3) is 0 Å². The number of hydrogen-bond acceptors (Lipinski definition) is 2. The van der Waals surface area contributed by atoms with Crippen molar-refractivity contribution in [3.05, 3.63) is 0 Å². The van der Waals surface area contributed by atoms with Crippen LogP contribution in [-0.4, -0.2) is 32.9 Å². The van der Waals surface area contributed by atoms with E-state index in [9.17, 15) is 0 Å². The summed E-state index contributed by atoms with van der Waals surface area (Å²) in [4.78, 5) is 0.